The van der Waals surface area contributed by atoms with Gasteiger partial charge in [0.25, 0.3) is 5.91 Å². The minimum Gasteiger partial charge on any atom is -0.394 e. The van der Waals surface area contributed by atoms with Gasteiger partial charge in [-0.1, -0.05) is 0 Å². The molecule has 0 fully saturated rings. The number of nitrogens with two attached hydrogens (primary N) is 1. The summed E-state index contributed by atoms with van der Waals surface area (Å²) in [5, 5.41) is 5.44. The zero-order chi connectivity index (χ0) is 14.7. The molecule has 0 saturated heterocycles. The Morgan fingerprint density at radius 3 is 2.60 bits per heavy atom. The van der Waals surface area contributed by atoms with Gasteiger partial charge in [-0.3, -0.25) is 4.79 Å². The van der Waals surface area contributed by atoms with E-state index in [1.165, 1.54) is 11.3 Å². The maximum absolute atomic E-state index is 13.2. The quantitative estimate of drug-likeness (QED) is 0.851. The summed E-state index contributed by atoms with van der Waals surface area (Å²) in [6.07, 6.45) is 0.565. The topological polar surface area (TPSA) is 68.0 Å². The third kappa shape index (κ3) is 3.30. The third-order valence-electron chi connectivity index (χ3n) is 2.67. The van der Waals surface area contributed by atoms with Crippen molar-refractivity contribution in [1.82, 2.24) is 10.3 Å². The first-order valence-electron chi connectivity index (χ1n) is 5.91. The van der Waals surface area contributed by atoms with E-state index in [1.807, 2.05) is 12.3 Å². The van der Waals surface area contributed by atoms with Gasteiger partial charge in [0.1, 0.15) is 17.3 Å². The number of thiazole rings is 1. The van der Waals surface area contributed by atoms with Gasteiger partial charge in [0.05, 0.1) is 10.7 Å². The molecule has 0 unspecified atom stereocenters. The normalized spacial score (nSPS) is 10.6. The molecule has 7 heteroatoms. The minimum atomic E-state index is -0.940. The summed E-state index contributed by atoms with van der Waals surface area (Å²) in [6, 6.07) is 1.83. The standard InChI is InChI=1S/C13H13F2N3OS/c1-7-18-9(6-20-7)2-3-17-13(19)8-4-10(14)12(16)11(15)5-8/h4-6H,2-3,16H2,1H3,(H,17,19). The van der Waals surface area contributed by atoms with Gasteiger partial charge in [-0.15, -0.1) is 11.3 Å². The fourth-order valence-electron chi connectivity index (χ4n) is 1.64. The molecule has 2 rings (SSSR count). The Balaban J connectivity index is 1.95. The molecule has 0 radical (unpaired) electrons. The largest absolute Gasteiger partial charge is 0.394 e. The van der Waals surface area contributed by atoms with E-state index in [0.717, 1.165) is 22.8 Å². The molecule has 4 nitrogen and oxygen atoms in total. The number of amides is 1. The van der Waals surface area contributed by atoms with Crippen LogP contribution < -0.4 is 11.1 Å². The number of nitrogens with zero attached hydrogens (tertiary/aromatic N) is 1. The van der Waals surface area contributed by atoms with Crippen LogP contribution in [0.1, 0.15) is 21.1 Å². The van der Waals surface area contributed by atoms with Crippen molar-refractivity contribution in [2.24, 2.45) is 0 Å². The van der Waals surface area contributed by atoms with E-state index >= 15 is 0 Å². The SMILES string of the molecule is Cc1nc(CCNC(=O)c2cc(F)c(N)c(F)c2)cs1. The van der Waals surface area contributed by atoms with E-state index in [1.54, 1.807) is 0 Å². The van der Waals surface area contributed by atoms with Crippen molar-refractivity contribution in [1.29, 1.82) is 0 Å². The predicted octanol–water partition coefficient (Wildman–Crippen LogP) is 2.28. The van der Waals surface area contributed by atoms with Crippen LogP contribution in [0.5, 0.6) is 0 Å². The van der Waals surface area contributed by atoms with Gasteiger partial charge >= 0.3 is 0 Å². The second kappa shape index (κ2) is 5.96. The maximum atomic E-state index is 13.2. The number of nitrogen functional groups attached to an aromatic ring is 1. The summed E-state index contributed by atoms with van der Waals surface area (Å²) < 4.78 is 26.5. The molecule has 1 heterocycles. The van der Waals surface area contributed by atoms with Crippen LogP contribution in [0, 0.1) is 18.6 Å². The summed E-state index contributed by atoms with van der Waals surface area (Å²) in [6.45, 7) is 2.24. The monoisotopic (exact) mass is 297 g/mol. The smallest absolute Gasteiger partial charge is 0.251 e. The Bertz CT molecular complexity index is 619. The summed E-state index contributed by atoms with van der Waals surface area (Å²) in [4.78, 5) is 16.0. The molecule has 0 aliphatic heterocycles. The summed E-state index contributed by atoms with van der Waals surface area (Å²) in [5.41, 5.74) is 5.34. The average Bonchev–Trinajstić information content (AvgIpc) is 2.81. The highest BCUT2D eigenvalue weighted by atomic mass is 32.1. The molecule has 3 N–H and O–H groups in total. The highest BCUT2D eigenvalue weighted by Crippen LogP contribution is 2.17. The number of hydrogen-bond acceptors (Lipinski definition) is 4. The Morgan fingerprint density at radius 1 is 1.40 bits per heavy atom. The van der Waals surface area contributed by atoms with Crippen molar-refractivity contribution in [2.75, 3.05) is 12.3 Å². The molecule has 0 aliphatic carbocycles. The van der Waals surface area contributed by atoms with Crippen LogP contribution in [0.15, 0.2) is 17.5 Å². The van der Waals surface area contributed by atoms with Gasteiger partial charge in [0.2, 0.25) is 0 Å². The van der Waals surface area contributed by atoms with E-state index in [4.69, 9.17) is 5.73 Å². The molecule has 0 spiro atoms. The van der Waals surface area contributed by atoms with Crippen LogP contribution in [0.4, 0.5) is 14.5 Å². The number of hydrogen-bond donors (Lipinski definition) is 2. The van der Waals surface area contributed by atoms with Gasteiger partial charge in [-0.2, -0.15) is 0 Å². The van der Waals surface area contributed by atoms with Crippen molar-refractivity contribution < 1.29 is 13.6 Å². The van der Waals surface area contributed by atoms with Crippen LogP contribution in [0.2, 0.25) is 0 Å². The third-order valence-corrected chi connectivity index (χ3v) is 3.50. The molecule has 0 atom stereocenters. The van der Waals surface area contributed by atoms with Gasteiger partial charge in [0.15, 0.2) is 0 Å². The Morgan fingerprint density at radius 2 is 2.05 bits per heavy atom. The fourth-order valence-corrected chi connectivity index (χ4v) is 2.29. The van der Waals surface area contributed by atoms with Crippen LogP contribution in [-0.2, 0) is 6.42 Å². The number of aromatic nitrogens is 1. The lowest BCUT2D eigenvalue weighted by molar-refractivity contribution is 0.0953. The van der Waals surface area contributed by atoms with E-state index in [2.05, 4.69) is 10.3 Å². The lowest BCUT2D eigenvalue weighted by Gasteiger charge is -2.06. The molecule has 0 saturated carbocycles. The highest BCUT2D eigenvalue weighted by molar-refractivity contribution is 7.09. The zero-order valence-electron chi connectivity index (χ0n) is 10.7. The second-order valence-corrected chi connectivity index (χ2v) is 5.28. The number of nitrogens with one attached hydrogen (secondary N) is 1. The van der Waals surface area contributed by atoms with Crippen molar-refractivity contribution >= 4 is 22.9 Å². The summed E-state index contributed by atoms with van der Waals surface area (Å²) in [5.74, 6) is -2.43. The maximum Gasteiger partial charge on any atom is 0.251 e. The van der Waals surface area contributed by atoms with Crippen LogP contribution in [-0.4, -0.2) is 17.4 Å². The lowest BCUT2D eigenvalue weighted by Crippen LogP contribution is -2.26. The Hall–Kier alpha value is -2.02. The fraction of sp³-hybridized carbons (Fsp3) is 0.231. The van der Waals surface area contributed by atoms with Crippen molar-refractivity contribution in [2.45, 2.75) is 13.3 Å². The molecular weight excluding hydrogens is 284 g/mol. The number of benzene rings is 1. The van der Waals surface area contributed by atoms with Crippen molar-refractivity contribution in [3.05, 3.63) is 45.4 Å². The van der Waals surface area contributed by atoms with E-state index in [0.29, 0.717) is 13.0 Å². The number of carbonyl (C=O) groups excluding carboxylic acids is 1. The lowest BCUT2D eigenvalue weighted by atomic mass is 10.1. The molecule has 106 valence electrons. The van der Waals surface area contributed by atoms with E-state index in [9.17, 15) is 13.6 Å². The Kier molecular flexibility index (Phi) is 4.29. The molecule has 0 aliphatic rings. The van der Waals surface area contributed by atoms with Crippen molar-refractivity contribution in [3.63, 3.8) is 0 Å². The number of carbonyl (C=O) groups is 1. The number of aryl methyl sites for hydroxylation is 1. The van der Waals surface area contributed by atoms with Crippen LogP contribution in [0.3, 0.4) is 0 Å². The molecule has 1 aromatic carbocycles. The summed E-state index contributed by atoms with van der Waals surface area (Å²) in [7, 11) is 0. The molecule has 1 amide bonds. The minimum absolute atomic E-state index is 0.0938. The zero-order valence-corrected chi connectivity index (χ0v) is 11.6. The second-order valence-electron chi connectivity index (χ2n) is 4.22. The van der Waals surface area contributed by atoms with Gasteiger partial charge in [0, 0.05) is 23.9 Å². The van der Waals surface area contributed by atoms with Crippen molar-refractivity contribution in [3.8, 4) is 0 Å². The van der Waals surface area contributed by atoms with Crippen LogP contribution in [0.25, 0.3) is 0 Å². The van der Waals surface area contributed by atoms with Gasteiger partial charge in [-0.25, -0.2) is 13.8 Å². The molecule has 0 bridgehead atoms. The highest BCUT2D eigenvalue weighted by Gasteiger charge is 2.12. The van der Waals surface area contributed by atoms with Gasteiger partial charge < -0.3 is 11.1 Å². The number of rotatable bonds is 4. The molecule has 1 aromatic heterocycles. The predicted molar refractivity (Wildman–Crippen MR) is 73.7 cm³/mol. The van der Waals surface area contributed by atoms with Gasteiger partial charge in [-0.05, 0) is 19.1 Å². The number of halogens is 2. The Labute approximate surface area is 118 Å². The molecule has 2 aromatic rings. The van der Waals surface area contributed by atoms with E-state index in [-0.39, 0.29) is 5.56 Å². The first-order chi connectivity index (χ1) is 9.47. The first-order valence-corrected chi connectivity index (χ1v) is 6.79. The van der Waals surface area contributed by atoms with E-state index < -0.39 is 23.2 Å². The molecule has 20 heavy (non-hydrogen) atoms. The van der Waals surface area contributed by atoms with Crippen LogP contribution >= 0.6 is 11.3 Å². The number of anilines is 1. The first kappa shape index (κ1) is 14.4. The summed E-state index contributed by atoms with van der Waals surface area (Å²) >= 11 is 1.53. The average molecular weight is 297 g/mol. The molecular formula is C13H13F2N3OS.